The Hall–Kier alpha value is -5.17. The van der Waals surface area contributed by atoms with Crippen molar-refractivity contribution in [3.63, 3.8) is 0 Å². The summed E-state index contributed by atoms with van der Waals surface area (Å²) in [5.74, 6) is -0.302. The van der Waals surface area contributed by atoms with Crippen LogP contribution in [0.25, 0.3) is 28.1 Å². The molecule has 7 nitrogen and oxygen atoms in total. The molecule has 0 bridgehead atoms. The Morgan fingerprint density at radius 1 is 0.786 bits per heavy atom. The highest BCUT2D eigenvalue weighted by molar-refractivity contribution is 6.04. The summed E-state index contributed by atoms with van der Waals surface area (Å²) >= 11 is 0. The third-order valence-corrected chi connectivity index (χ3v) is 7.07. The maximum absolute atomic E-state index is 12.8. The molecular formula is C35H34N4O3. The fourth-order valence-electron chi connectivity index (χ4n) is 4.85. The van der Waals surface area contributed by atoms with Gasteiger partial charge >= 0.3 is 5.97 Å². The van der Waals surface area contributed by atoms with Crippen LogP contribution in [0.15, 0.2) is 91.0 Å². The van der Waals surface area contributed by atoms with Crippen LogP contribution in [0.5, 0.6) is 5.88 Å². The molecule has 1 N–H and O–H groups in total. The second-order valence-corrected chi connectivity index (χ2v) is 10.7. The molecule has 0 spiro atoms. The van der Waals surface area contributed by atoms with Crippen molar-refractivity contribution in [2.75, 3.05) is 24.3 Å². The van der Waals surface area contributed by atoms with Gasteiger partial charge in [0.2, 0.25) is 5.88 Å². The number of ether oxygens (including phenoxy) is 1. The van der Waals surface area contributed by atoms with Gasteiger partial charge in [-0.1, -0.05) is 59.7 Å². The van der Waals surface area contributed by atoms with Crippen molar-refractivity contribution in [2.45, 2.75) is 27.7 Å². The van der Waals surface area contributed by atoms with E-state index in [0.29, 0.717) is 28.4 Å². The number of hydrogen-bond acceptors (Lipinski definition) is 5. The Bertz CT molecular complexity index is 1750. The number of hydrogen-bond donors (Lipinski definition) is 1. The SMILES string of the molecule is CC(=O)Oc1c(-c2ccc(NC(=O)c3ccc(C)cc3)cc2)c(-c2ccc(N(C)C)cc2)nn1-c1ccc(C)cc1C. The molecule has 0 aliphatic heterocycles. The van der Waals surface area contributed by atoms with Crippen LogP contribution < -0.4 is 15.0 Å². The topological polar surface area (TPSA) is 76.5 Å². The average Bonchev–Trinajstić information content (AvgIpc) is 3.31. The van der Waals surface area contributed by atoms with Crippen molar-refractivity contribution in [1.29, 1.82) is 0 Å². The maximum atomic E-state index is 12.8. The molecule has 0 unspecified atom stereocenters. The van der Waals surface area contributed by atoms with Gasteiger partial charge in [0, 0.05) is 43.5 Å². The largest absolute Gasteiger partial charge is 0.407 e. The number of carbonyl (C=O) groups excluding carboxylic acids is 2. The molecule has 0 radical (unpaired) electrons. The Morgan fingerprint density at radius 3 is 2.00 bits per heavy atom. The fraction of sp³-hybridized carbons (Fsp3) is 0.171. The van der Waals surface area contributed by atoms with Gasteiger partial charge in [-0.2, -0.15) is 9.78 Å². The highest BCUT2D eigenvalue weighted by atomic mass is 16.5. The minimum absolute atomic E-state index is 0.187. The summed E-state index contributed by atoms with van der Waals surface area (Å²) < 4.78 is 7.58. The Labute approximate surface area is 246 Å². The van der Waals surface area contributed by atoms with E-state index in [4.69, 9.17) is 9.84 Å². The zero-order valence-corrected chi connectivity index (χ0v) is 24.7. The van der Waals surface area contributed by atoms with E-state index in [9.17, 15) is 9.59 Å². The molecule has 0 aliphatic rings. The fourth-order valence-corrected chi connectivity index (χ4v) is 4.85. The first kappa shape index (κ1) is 28.4. The summed E-state index contributed by atoms with van der Waals surface area (Å²) in [6.07, 6.45) is 0. The van der Waals surface area contributed by atoms with Crippen LogP contribution in [0.4, 0.5) is 11.4 Å². The number of amides is 1. The van der Waals surface area contributed by atoms with Crippen molar-refractivity contribution < 1.29 is 14.3 Å². The van der Waals surface area contributed by atoms with E-state index in [1.807, 2.05) is 113 Å². The van der Waals surface area contributed by atoms with Crippen LogP contribution in [-0.4, -0.2) is 35.8 Å². The molecule has 4 aromatic carbocycles. The van der Waals surface area contributed by atoms with Crippen LogP contribution in [0.1, 0.15) is 34.0 Å². The monoisotopic (exact) mass is 558 g/mol. The first-order valence-electron chi connectivity index (χ1n) is 13.8. The van der Waals surface area contributed by atoms with Crippen LogP contribution >= 0.6 is 0 Å². The Balaban J connectivity index is 1.63. The second-order valence-electron chi connectivity index (χ2n) is 10.7. The molecule has 212 valence electrons. The van der Waals surface area contributed by atoms with Crippen molar-refractivity contribution in [3.05, 3.63) is 113 Å². The molecule has 0 fully saturated rings. The Kier molecular flexibility index (Phi) is 7.93. The average molecular weight is 559 g/mol. The number of nitrogens with one attached hydrogen (secondary N) is 1. The summed E-state index contributed by atoms with van der Waals surface area (Å²) in [6, 6.07) is 29.1. The number of anilines is 2. The smallest absolute Gasteiger partial charge is 0.309 e. The highest BCUT2D eigenvalue weighted by Gasteiger charge is 2.25. The van der Waals surface area contributed by atoms with E-state index in [1.54, 1.807) is 16.8 Å². The van der Waals surface area contributed by atoms with Gasteiger partial charge in [-0.15, -0.1) is 0 Å². The number of esters is 1. The standard InChI is InChI=1S/C35H34N4O3/c1-22-7-10-28(11-8-22)34(41)36-29-16-12-26(13-17-29)32-33(27-14-18-30(19-15-27)38(5)6)37-39(35(32)42-25(4)40)31-20-9-23(2)21-24(31)3/h7-21H,1-6H3,(H,36,41). The van der Waals surface area contributed by atoms with Gasteiger partial charge in [-0.3, -0.25) is 9.59 Å². The van der Waals surface area contributed by atoms with E-state index in [-0.39, 0.29) is 5.91 Å². The zero-order chi connectivity index (χ0) is 30.0. The molecular weight excluding hydrogens is 524 g/mol. The molecule has 1 heterocycles. The molecule has 7 heteroatoms. The van der Waals surface area contributed by atoms with Gasteiger partial charge in [-0.25, -0.2) is 0 Å². The van der Waals surface area contributed by atoms with E-state index in [1.165, 1.54) is 6.92 Å². The van der Waals surface area contributed by atoms with Crippen molar-refractivity contribution in [2.24, 2.45) is 0 Å². The number of rotatable bonds is 7. The molecule has 1 amide bonds. The van der Waals surface area contributed by atoms with E-state index >= 15 is 0 Å². The van der Waals surface area contributed by atoms with Crippen LogP contribution in [0.3, 0.4) is 0 Å². The third-order valence-electron chi connectivity index (χ3n) is 7.07. The van der Waals surface area contributed by atoms with Gasteiger partial charge in [0.05, 0.1) is 11.3 Å². The number of aromatic nitrogens is 2. The van der Waals surface area contributed by atoms with Gasteiger partial charge < -0.3 is 15.0 Å². The lowest BCUT2D eigenvalue weighted by atomic mass is 10.0. The quantitative estimate of drug-likeness (QED) is 0.211. The molecule has 0 aliphatic carbocycles. The van der Waals surface area contributed by atoms with Gasteiger partial charge in [0.1, 0.15) is 5.69 Å². The summed E-state index contributed by atoms with van der Waals surface area (Å²) in [5, 5.41) is 7.98. The van der Waals surface area contributed by atoms with Crippen LogP contribution in [-0.2, 0) is 4.79 Å². The number of benzene rings is 4. The lowest BCUT2D eigenvalue weighted by molar-refractivity contribution is -0.132. The number of aryl methyl sites for hydroxylation is 3. The molecule has 1 aromatic heterocycles. The molecule has 5 aromatic rings. The van der Waals surface area contributed by atoms with Gasteiger partial charge in [-0.05, 0) is 74.4 Å². The number of nitrogens with zero attached hydrogens (tertiary/aromatic N) is 3. The molecule has 42 heavy (non-hydrogen) atoms. The van der Waals surface area contributed by atoms with Crippen molar-refractivity contribution in [3.8, 4) is 34.0 Å². The minimum Gasteiger partial charge on any atom is -0.407 e. The summed E-state index contributed by atoms with van der Waals surface area (Å²) in [4.78, 5) is 27.2. The summed E-state index contributed by atoms with van der Waals surface area (Å²) in [5.41, 5.74) is 9.35. The molecule has 0 saturated carbocycles. The van der Waals surface area contributed by atoms with Gasteiger partial charge in [0.25, 0.3) is 5.91 Å². The molecule has 0 atom stereocenters. The number of carbonyl (C=O) groups is 2. The second kappa shape index (κ2) is 11.7. The first-order chi connectivity index (χ1) is 20.1. The van der Waals surface area contributed by atoms with Crippen LogP contribution in [0, 0.1) is 20.8 Å². The Morgan fingerprint density at radius 2 is 1.40 bits per heavy atom. The van der Waals surface area contributed by atoms with Crippen molar-refractivity contribution >= 4 is 23.3 Å². The highest BCUT2D eigenvalue weighted by Crippen LogP contribution is 2.42. The van der Waals surface area contributed by atoms with Crippen LogP contribution in [0.2, 0.25) is 0 Å². The predicted molar refractivity (Wildman–Crippen MR) is 169 cm³/mol. The van der Waals surface area contributed by atoms with Gasteiger partial charge in [0.15, 0.2) is 0 Å². The zero-order valence-electron chi connectivity index (χ0n) is 24.7. The minimum atomic E-state index is -0.446. The molecule has 0 saturated heterocycles. The van der Waals surface area contributed by atoms with E-state index in [2.05, 4.69) is 11.4 Å². The van der Waals surface area contributed by atoms with Crippen molar-refractivity contribution in [1.82, 2.24) is 9.78 Å². The third kappa shape index (κ3) is 5.95. The summed E-state index contributed by atoms with van der Waals surface area (Å²) in [7, 11) is 3.99. The molecule has 5 rings (SSSR count). The maximum Gasteiger partial charge on any atom is 0.309 e. The normalized spacial score (nSPS) is 10.8. The lowest BCUT2D eigenvalue weighted by Gasteiger charge is -2.13. The van der Waals surface area contributed by atoms with E-state index < -0.39 is 5.97 Å². The first-order valence-corrected chi connectivity index (χ1v) is 13.8. The summed E-state index contributed by atoms with van der Waals surface area (Å²) in [6.45, 7) is 7.42. The lowest BCUT2D eigenvalue weighted by Crippen LogP contribution is -2.11. The predicted octanol–water partition coefficient (Wildman–Crippen LogP) is 7.38. The van der Waals surface area contributed by atoms with E-state index in [0.717, 1.165) is 39.2 Å².